The Hall–Kier alpha value is -2.08. The second-order valence-electron chi connectivity index (χ2n) is 5.02. The summed E-state index contributed by atoms with van der Waals surface area (Å²) >= 11 is 0. The largest absolute Gasteiger partial charge is 0.497 e. The summed E-state index contributed by atoms with van der Waals surface area (Å²) in [6.07, 6.45) is 1.80. The Balaban J connectivity index is 2.21. The third-order valence-electron chi connectivity index (χ3n) is 3.77. The van der Waals surface area contributed by atoms with Crippen LogP contribution in [0.1, 0.15) is 18.9 Å². The number of piperidine rings is 1. The van der Waals surface area contributed by atoms with Gasteiger partial charge in [-0.05, 0) is 37.6 Å². The molecular formula is C14H17N3O3. The molecule has 0 amide bonds. The molecule has 1 unspecified atom stereocenters. The fourth-order valence-corrected chi connectivity index (χ4v) is 2.72. The molecule has 0 saturated carbocycles. The van der Waals surface area contributed by atoms with Gasteiger partial charge in [-0.2, -0.15) is 0 Å². The first-order chi connectivity index (χ1) is 9.70. The van der Waals surface area contributed by atoms with Gasteiger partial charge < -0.3 is 15.0 Å². The molecule has 0 bridgehead atoms. The number of aromatic nitrogens is 2. The third-order valence-corrected chi connectivity index (χ3v) is 3.77. The van der Waals surface area contributed by atoms with E-state index in [0.29, 0.717) is 23.2 Å². The fraction of sp³-hybridized carbons (Fsp3) is 0.429. The van der Waals surface area contributed by atoms with E-state index in [1.54, 1.807) is 25.3 Å². The number of nitrogens with one attached hydrogen (secondary N) is 2. The van der Waals surface area contributed by atoms with Crippen molar-refractivity contribution in [2.24, 2.45) is 0 Å². The van der Waals surface area contributed by atoms with E-state index in [-0.39, 0.29) is 17.3 Å². The van der Waals surface area contributed by atoms with Gasteiger partial charge in [0.1, 0.15) is 5.75 Å². The lowest BCUT2D eigenvalue weighted by molar-refractivity contribution is 0.355. The van der Waals surface area contributed by atoms with E-state index in [4.69, 9.17) is 4.74 Å². The number of rotatable bonds is 2. The fourth-order valence-electron chi connectivity index (χ4n) is 2.72. The van der Waals surface area contributed by atoms with Gasteiger partial charge in [0.05, 0.1) is 24.1 Å². The van der Waals surface area contributed by atoms with E-state index in [1.807, 2.05) is 0 Å². The first kappa shape index (κ1) is 12.9. The molecule has 6 heteroatoms. The highest BCUT2D eigenvalue weighted by Crippen LogP contribution is 2.17. The summed E-state index contributed by atoms with van der Waals surface area (Å²) < 4.78 is 6.47. The molecule has 2 heterocycles. The highest BCUT2D eigenvalue weighted by molar-refractivity contribution is 5.78. The number of hydrogen-bond acceptors (Lipinski definition) is 4. The Morgan fingerprint density at radius 2 is 2.20 bits per heavy atom. The molecule has 0 spiro atoms. The second kappa shape index (κ2) is 5.13. The summed E-state index contributed by atoms with van der Waals surface area (Å²) in [5, 5.41) is 3.70. The van der Waals surface area contributed by atoms with E-state index in [2.05, 4.69) is 10.3 Å². The van der Waals surface area contributed by atoms with E-state index in [1.165, 1.54) is 4.57 Å². The van der Waals surface area contributed by atoms with Crippen molar-refractivity contribution < 1.29 is 4.74 Å². The summed E-state index contributed by atoms with van der Waals surface area (Å²) in [7, 11) is 1.55. The summed E-state index contributed by atoms with van der Waals surface area (Å²) in [4.78, 5) is 27.5. The molecule has 1 atom stereocenters. The number of methoxy groups -OCH3 is 1. The molecule has 106 valence electrons. The lowest BCUT2D eigenvalue weighted by Crippen LogP contribution is -2.43. The standard InChI is InChI=1S/C14H17N3O3/c1-20-10-4-5-12-11(7-10)13(18)17(14(19)16-12)9-3-2-6-15-8-9/h4-5,7,9,15H,2-3,6,8H2,1H3,(H,16,19). The molecule has 6 nitrogen and oxygen atoms in total. The molecule has 20 heavy (non-hydrogen) atoms. The first-order valence-electron chi connectivity index (χ1n) is 6.74. The van der Waals surface area contributed by atoms with Crippen molar-refractivity contribution in [2.75, 3.05) is 20.2 Å². The molecule has 0 aliphatic carbocycles. The number of H-pyrrole nitrogens is 1. The Labute approximate surface area is 115 Å². The summed E-state index contributed by atoms with van der Waals surface area (Å²) in [6.45, 7) is 1.59. The topological polar surface area (TPSA) is 76.1 Å². The molecule has 1 saturated heterocycles. The number of benzene rings is 1. The monoisotopic (exact) mass is 275 g/mol. The van der Waals surface area contributed by atoms with Crippen LogP contribution in [0.5, 0.6) is 5.75 Å². The zero-order chi connectivity index (χ0) is 14.1. The lowest BCUT2D eigenvalue weighted by atomic mass is 10.1. The van der Waals surface area contributed by atoms with Crippen LogP contribution in [0.2, 0.25) is 0 Å². The van der Waals surface area contributed by atoms with E-state index in [9.17, 15) is 9.59 Å². The van der Waals surface area contributed by atoms with Crippen LogP contribution in [0.3, 0.4) is 0 Å². The van der Waals surface area contributed by atoms with Gasteiger partial charge in [-0.1, -0.05) is 0 Å². The van der Waals surface area contributed by atoms with Crippen LogP contribution in [0, 0.1) is 0 Å². The van der Waals surface area contributed by atoms with Crippen molar-refractivity contribution >= 4 is 10.9 Å². The predicted octanol–water partition coefficient (Wildman–Crippen LogP) is 0.623. The minimum Gasteiger partial charge on any atom is -0.497 e. The molecule has 0 radical (unpaired) electrons. The highest BCUT2D eigenvalue weighted by atomic mass is 16.5. The van der Waals surface area contributed by atoms with E-state index in [0.717, 1.165) is 19.4 Å². The van der Waals surface area contributed by atoms with Crippen molar-refractivity contribution in [1.29, 1.82) is 0 Å². The van der Waals surface area contributed by atoms with Crippen LogP contribution >= 0.6 is 0 Å². The summed E-state index contributed by atoms with van der Waals surface area (Å²) in [5.74, 6) is 0.606. The summed E-state index contributed by atoms with van der Waals surface area (Å²) in [5.41, 5.74) is -0.0569. The molecule has 2 aromatic rings. The van der Waals surface area contributed by atoms with Crippen molar-refractivity contribution in [3.8, 4) is 5.75 Å². The van der Waals surface area contributed by atoms with E-state index >= 15 is 0 Å². The minimum absolute atomic E-state index is 0.0874. The van der Waals surface area contributed by atoms with Gasteiger partial charge in [-0.25, -0.2) is 4.79 Å². The number of aromatic amines is 1. The van der Waals surface area contributed by atoms with Crippen LogP contribution in [-0.2, 0) is 0 Å². The Morgan fingerprint density at radius 3 is 2.90 bits per heavy atom. The lowest BCUT2D eigenvalue weighted by Gasteiger charge is -2.24. The van der Waals surface area contributed by atoms with Gasteiger partial charge in [0.2, 0.25) is 0 Å². The molecule has 1 fully saturated rings. The zero-order valence-electron chi connectivity index (χ0n) is 11.3. The number of nitrogens with zero attached hydrogens (tertiary/aromatic N) is 1. The van der Waals surface area contributed by atoms with Crippen molar-refractivity contribution in [2.45, 2.75) is 18.9 Å². The van der Waals surface area contributed by atoms with Crippen LogP contribution in [0.4, 0.5) is 0 Å². The molecule has 1 aliphatic heterocycles. The van der Waals surface area contributed by atoms with E-state index < -0.39 is 0 Å². The third kappa shape index (κ3) is 2.12. The molecule has 3 rings (SSSR count). The van der Waals surface area contributed by atoms with Gasteiger partial charge in [-0.3, -0.25) is 9.36 Å². The van der Waals surface area contributed by atoms with Gasteiger partial charge in [0, 0.05) is 6.54 Å². The zero-order valence-corrected chi connectivity index (χ0v) is 11.3. The van der Waals surface area contributed by atoms with Crippen LogP contribution in [0.25, 0.3) is 10.9 Å². The van der Waals surface area contributed by atoms with Gasteiger partial charge in [-0.15, -0.1) is 0 Å². The molecule has 1 aromatic heterocycles. The second-order valence-corrected chi connectivity index (χ2v) is 5.02. The first-order valence-corrected chi connectivity index (χ1v) is 6.74. The van der Waals surface area contributed by atoms with Crippen molar-refractivity contribution in [3.05, 3.63) is 39.0 Å². The SMILES string of the molecule is COc1ccc2[nH]c(=O)n(C3CCCNC3)c(=O)c2c1. The Bertz CT molecular complexity index is 741. The normalized spacial score (nSPS) is 19.1. The molecule has 2 N–H and O–H groups in total. The maximum Gasteiger partial charge on any atom is 0.329 e. The van der Waals surface area contributed by atoms with Crippen molar-refractivity contribution in [1.82, 2.24) is 14.9 Å². The van der Waals surface area contributed by atoms with Gasteiger partial charge in [0.15, 0.2) is 0 Å². The summed E-state index contributed by atoms with van der Waals surface area (Å²) in [6, 6.07) is 5.00. The van der Waals surface area contributed by atoms with Gasteiger partial charge in [0.25, 0.3) is 5.56 Å². The Kier molecular flexibility index (Phi) is 3.31. The Morgan fingerprint density at radius 1 is 1.35 bits per heavy atom. The molecule has 1 aromatic carbocycles. The molecule has 1 aliphatic rings. The smallest absolute Gasteiger partial charge is 0.329 e. The average molecular weight is 275 g/mol. The number of hydrogen-bond donors (Lipinski definition) is 2. The minimum atomic E-state index is -0.346. The van der Waals surface area contributed by atoms with Gasteiger partial charge >= 0.3 is 5.69 Å². The number of ether oxygens (including phenoxy) is 1. The van der Waals surface area contributed by atoms with Crippen LogP contribution in [0.15, 0.2) is 27.8 Å². The quantitative estimate of drug-likeness (QED) is 0.842. The highest BCUT2D eigenvalue weighted by Gasteiger charge is 2.19. The average Bonchev–Trinajstić information content (AvgIpc) is 2.48. The maximum absolute atomic E-state index is 12.6. The predicted molar refractivity (Wildman–Crippen MR) is 76.5 cm³/mol. The molecular weight excluding hydrogens is 258 g/mol. The number of fused-ring (bicyclic) bond motifs is 1. The maximum atomic E-state index is 12.6. The van der Waals surface area contributed by atoms with Crippen LogP contribution < -0.4 is 21.3 Å². The van der Waals surface area contributed by atoms with Crippen LogP contribution in [-0.4, -0.2) is 29.8 Å². The van der Waals surface area contributed by atoms with Crippen molar-refractivity contribution in [3.63, 3.8) is 0 Å².